The molecule has 0 saturated carbocycles. The number of allylic oxidation sites excluding steroid dienone is 2. The van der Waals surface area contributed by atoms with Crippen LogP contribution in [0.5, 0.6) is 11.5 Å². The fourth-order valence-electron chi connectivity index (χ4n) is 3.39. The van der Waals surface area contributed by atoms with E-state index in [1.54, 1.807) is 36.5 Å². The molecule has 4 aromatic rings. The molecule has 9 nitrogen and oxygen atoms in total. The Morgan fingerprint density at radius 2 is 1.94 bits per heavy atom. The van der Waals surface area contributed by atoms with Gasteiger partial charge in [-0.2, -0.15) is 0 Å². The van der Waals surface area contributed by atoms with E-state index >= 15 is 0 Å². The summed E-state index contributed by atoms with van der Waals surface area (Å²) in [4.78, 5) is 30.1. The van der Waals surface area contributed by atoms with E-state index in [2.05, 4.69) is 25.7 Å². The van der Waals surface area contributed by atoms with Crippen molar-refractivity contribution in [2.75, 3.05) is 11.9 Å². The van der Waals surface area contributed by atoms with Crippen molar-refractivity contribution < 1.29 is 19.5 Å². The normalized spacial score (nSPS) is 12.9. The highest BCUT2D eigenvalue weighted by Crippen LogP contribution is 2.31. The van der Waals surface area contributed by atoms with E-state index in [-0.39, 0.29) is 17.4 Å². The smallest absolute Gasteiger partial charge is 0.196 e. The van der Waals surface area contributed by atoms with Gasteiger partial charge in [-0.15, -0.1) is 0 Å². The van der Waals surface area contributed by atoms with Gasteiger partial charge in [0.05, 0.1) is 16.0 Å². The lowest BCUT2D eigenvalue weighted by molar-refractivity contribution is 0.0962. The molecule has 4 N–H and O–H groups in total. The number of aromatic amines is 1. The number of halogens is 1. The molecule has 34 heavy (non-hydrogen) atoms. The Morgan fingerprint density at radius 1 is 1.09 bits per heavy atom. The molecule has 0 bridgehead atoms. The number of benzene rings is 2. The molecule has 0 fully saturated rings. The van der Waals surface area contributed by atoms with E-state index < -0.39 is 0 Å². The van der Waals surface area contributed by atoms with E-state index in [1.165, 1.54) is 6.33 Å². The number of hydroxylamine groups is 1. The van der Waals surface area contributed by atoms with Gasteiger partial charge < -0.3 is 25.0 Å². The molecule has 3 heterocycles. The molecular formula is C24H18ClN5O4. The Morgan fingerprint density at radius 3 is 2.68 bits per heavy atom. The number of H-pyrrole nitrogens is 1. The summed E-state index contributed by atoms with van der Waals surface area (Å²) >= 11 is 6.46. The molecule has 0 spiro atoms. The summed E-state index contributed by atoms with van der Waals surface area (Å²) in [5.41, 5.74) is 3.81. The molecule has 2 aromatic heterocycles. The maximum absolute atomic E-state index is 13.4. The van der Waals surface area contributed by atoms with Gasteiger partial charge in [0.25, 0.3) is 0 Å². The summed E-state index contributed by atoms with van der Waals surface area (Å²) in [6.07, 6.45) is 6.23. The van der Waals surface area contributed by atoms with Crippen LogP contribution in [0.2, 0.25) is 5.02 Å². The number of aliphatic hydroxyl groups excluding tert-OH is 1. The average Bonchev–Trinajstić information content (AvgIpc) is 3.30. The quantitative estimate of drug-likeness (QED) is 0.292. The Kier molecular flexibility index (Phi) is 5.86. The zero-order chi connectivity index (χ0) is 23.5. The van der Waals surface area contributed by atoms with Crippen LogP contribution in [0.4, 0.5) is 5.82 Å². The number of para-hydroxylation sites is 1. The molecule has 170 valence electrons. The van der Waals surface area contributed by atoms with Crippen LogP contribution in [-0.2, 0) is 4.84 Å². The standard InChI is InChI=1S/C24H18ClN5O4/c25-19-10-15(33-14-4-2-1-3-5-14)6-8-17(19)22(32)18-11-26-23-21(18)24(28-13-27-23)29-20-9-7-16(12-31)34-30-20/h1-11,13,30-31H,12H2,(H2,26,27,28,29). The molecular weight excluding hydrogens is 458 g/mol. The molecule has 5 rings (SSSR count). The van der Waals surface area contributed by atoms with Gasteiger partial charge in [-0.25, -0.2) is 15.4 Å². The number of carbonyl (C=O) groups is 1. The summed E-state index contributed by atoms with van der Waals surface area (Å²) in [5, 5.41) is 13.0. The van der Waals surface area contributed by atoms with Crippen molar-refractivity contribution in [3.05, 3.63) is 101 Å². The SMILES string of the molecule is O=C(c1ccc(Oc2ccccc2)cc1Cl)c1c[nH]c2ncnc(NC3=CC=C(CO)ON3)c12. The second kappa shape index (κ2) is 9.26. The van der Waals surface area contributed by atoms with Gasteiger partial charge in [0.15, 0.2) is 11.5 Å². The summed E-state index contributed by atoms with van der Waals surface area (Å²) in [6.45, 7) is -0.235. The van der Waals surface area contributed by atoms with E-state index in [9.17, 15) is 4.79 Å². The average molecular weight is 476 g/mol. The number of rotatable bonds is 7. The molecule has 10 heteroatoms. The van der Waals surface area contributed by atoms with Crippen molar-refractivity contribution in [2.45, 2.75) is 0 Å². The van der Waals surface area contributed by atoms with Crippen LogP contribution in [0.15, 0.2) is 84.8 Å². The monoisotopic (exact) mass is 475 g/mol. The Hall–Kier alpha value is -4.34. The van der Waals surface area contributed by atoms with Gasteiger partial charge in [-0.05, 0) is 36.4 Å². The van der Waals surface area contributed by atoms with E-state index in [0.29, 0.717) is 51.1 Å². The van der Waals surface area contributed by atoms with Gasteiger partial charge in [0.2, 0.25) is 0 Å². The van der Waals surface area contributed by atoms with Crippen molar-refractivity contribution >= 4 is 34.2 Å². The molecule has 2 aromatic carbocycles. The molecule has 0 atom stereocenters. The number of ether oxygens (including phenoxy) is 1. The third kappa shape index (κ3) is 4.29. The van der Waals surface area contributed by atoms with E-state index in [0.717, 1.165) is 0 Å². The van der Waals surface area contributed by atoms with E-state index in [1.807, 2.05) is 30.3 Å². The first-order chi connectivity index (χ1) is 16.6. The van der Waals surface area contributed by atoms with Crippen LogP contribution in [0, 0.1) is 0 Å². The summed E-state index contributed by atoms with van der Waals surface area (Å²) in [6, 6.07) is 14.2. The Bertz CT molecular complexity index is 1430. The van der Waals surface area contributed by atoms with Crippen LogP contribution in [0.1, 0.15) is 15.9 Å². The fourth-order valence-corrected chi connectivity index (χ4v) is 3.65. The largest absolute Gasteiger partial charge is 0.457 e. The first-order valence-corrected chi connectivity index (χ1v) is 10.6. The van der Waals surface area contributed by atoms with Gasteiger partial charge in [-0.3, -0.25) is 4.79 Å². The highest BCUT2D eigenvalue weighted by molar-refractivity contribution is 6.35. The van der Waals surface area contributed by atoms with Gasteiger partial charge in [-0.1, -0.05) is 29.8 Å². The predicted molar refractivity (Wildman–Crippen MR) is 126 cm³/mol. The third-order valence-corrected chi connectivity index (χ3v) is 5.33. The molecule has 0 amide bonds. The molecule has 0 radical (unpaired) electrons. The maximum Gasteiger partial charge on any atom is 0.196 e. The van der Waals surface area contributed by atoms with Crippen LogP contribution in [0.25, 0.3) is 11.0 Å². The highest BCUT2D eigenvalue weighted by Gasteiger charge is 2.21. The topological polar surface area (TPSA) is 121 Å². The van der Waals surface area contributed by atoms with Crippen LogP contribution >= 0.6 is 11.6 Å². The van der Waals surface area contributed by atoms with Crippen LogP contribution in [-0.4, -0.2) is 32.4 Å². The zero-order valence-corrected chi connectivity index (χ0v) is 18.3. The minimum atomic E-state index is -0.301. The van der Waals surface area contributed by atoms with Gasteiger partial charge in [0, 0.05) is 17.8 Å². The zero-order valence-electron chi connectivity index (χ0n) is 17.6. The number of aliphatic hydroxyl groups is 1. The second-order valence-electron chi connectivity index (χ2n) is 7.23. The number of fused-ring (bicyclic) bond motifs is 1. The number of ketones is 1. The number of anilines is 1. The second-order valence-corrected chi connectivity index (χ2v) is 7.64. The lowest BCUT2D eigenvalue weighted by atomic mass is 10.0. The lowest BCUT2D eigenvalue weighted by Crippen LogP contribution is -2.24. The van der Waals surface area contributed by atoms with Crippen LogP contribution < -0.4 is 15.5 Å². The predicted octanol–water partition coefficient (Wildman–Crippen LogP) is 4.30. The minimum absolute atomic E-state index is 0.235. The number of nitrogens with one attached hydrogen (secondary N) is 3. The molecule has 1 aliphatic heterocycles. The summed E-state index contributed by atoms with van der Waals surface area (Å²) < 4.78 is 5.80. The van der Waals surface area contributed by atoms with Crippen molar-refractivity contribution in [1.82, 2.24) is 20.4 Å². The number of carbonyl (C=O) groups excluding carboxylic acids is 1. The maximum atomic E-state index is 13.4. The van der Waals surface area contributed by atoms with Crippen molar-refractivity contribution in [3.63, 3.8) is 0 Å². The third-order valence-electron chi connectivity index (χ3n) is 5.02. The number of nitrogens with zero attached hydrogens (tertiary/aromatic N) is 2. The highest BCUT2D eigenvalue weighted by atomic mass is 35.5. The van der Waals surface area contributed by atoms with Crippen molar-refractivity contribution in [1.29, 1.82) is 0 Å². The van der Waals surface area contributed by atoms with E-state index in [4.69, 9.17) is 26.3 Å². The molecule has 0 aliphatic carbocycles. The van der Waals surface area contributed by atoms with Crippen LogP contribution in [0.3, 0.4) is 0 Å². The minimum Gasteiger partial charge on any atom is -0.457 e. The summed E-state index contributed by atoms with van der Waals surface area (Å²) in [5.74, 6) is 2.10. The van der Waals surface area contributed by atoms with Crippen molar-refractivity contribution in [2.24, 2.45) is 0 Å². The Labute approximate surface area is 198 Å². The number of aromatic nitrogens is 3. The molecule has 0 saturated heterocycles. The summed E-state index contributed by atoms with van der Waals surface area (Å²) in [7, 11) is 0. The fraction of sp³-hybridized carbons (Fsp3) is 0.0417. The Balaban J connectivity index is 1.45. The van der Waals surface area contributed by atoms with Gasteiger partial charge >= 0.3 is 0 Å². The van der Waals surface area contributed by atoms with Crippen molar-refractivity contribution in [3.8, 4) is 11.5 Å². The first-order valence-electron chi connectivity index (χ1n) is 10.2. The number of hydrogen-bond donors (Lipinski definition) is 4. The first kappa shape index (κ1) is 21.5. The molecule has 1 aliphatic rings. The number of hydrogen-bond acceptors (Lipinski definition) is 8. The van der Waals surface area contributed by atoms with Gasteiger partial charge in [0.1, 0.15) is 41.7 Å². The lowest BCUT2D eigenvalue weighted by Gasteiger charge is -2.18. The molecule has 0 unspecified atom stereocenters.